The Morgan fingerprint density at radius 1 is 1.38 bits per heavy atom. The monoisotopic (exact) mass is 285 g/mol. The van der Waals surface area contributed by atoms with Gasteiger partial charge in [0.2, 0.25) is 0 Å². The van der Waals surface area contributed by atoms with E-state index in [9.17, 15) is 9.59 Å². The van der Waals surface area contributed by atoms with E-state index in [0.717, 1.165) is 0 Å². The number of likely N-dealkylation sites (tertiary alicyclic amines) is 1. The average molecular weight is 285 g/mol. The summed E-state index contributed by atoms with van der Waals surface area (Å²) in [6.07, 6.45) is 1.24. The average Bonchev–Trinajstić information content (AvgIpc) is 2.95. The highest BCUT2D eigenvalue weighted by molar-refractivity contribution is 6.00. The van der Waals surface area contributed by atoms with Crippen LogP contribution >= 0.6 is 0 Å². The van der Waals surface area contributed by atoms with Gasteiger partial charge in [-0.05, 0) is 18.9 Å². The number of carbonyl (C=O) groups excluding carboxylic acids is 2. The highest BCUT2D eigenvalue weighted by Crippen LogP contribution is 2.23. The number of rotatable bonds is 2. The van der Waals surface area contributed by atoms with Gasteiger partial charge in [-0.3, -0.25) is 9.59 Å². The fourth-order valence-electron chi connectivity index (χ4n) is 2.34. The molecule has 2 rings (SSSR count). The molecule has 1 aliphatic heterocycles. The third-order valence-corrected chi connectivity index (χ3v) is 3.26. The molecular weight excluding hydrogens is 270 g/mol. The SMILES string of the molecule is [C-]#[N+]c1cccc(C(=O)N2CCCC2C(=O)N=C(N)N)c1. The van der Waals surface area contributed by atoms with E-state index < -0.39 is 11.9 Å². The molecule has 7 heteroatoms. The normalized spacial score (nSPS) is 17.1. The molecular formula is C14H15N5O2. The minimum absolute atomic E-state index is 0.290. The van der Waals surface area contributed by atoms with Crippen molar-refractivity contribution in [1.29, 1.82) is 0 Å². The molecule has 1 aliphatic rings. The Balaban J connectivity index is 2.23. The van der Waals surface area contributed by atoms with Crippen LogP contribution in [0.1, 0.15) is 23.2 Å². The second-order valence-corrected chi connectivity index (χ2v) is 4.69. The maximum atomic E-state index is 12.5. The summed E-state index contributed by atoms with van der Waals surface area (Å²) in [6.45, 7) is 7.45. The van der Waals surface area contributed by atoms with Gasteiger partial charge >= 0.3 is 0 Å². The van der Waals surface area contributed by atoms with Crippen molar-refractivity contribution in [3.63, 3.8) is 0 Å². The lowest BCUT2D eigenvalue weighted by atomic mass is 10.1. The van der Waals surface area contributed by atoms with Crippen molar-refractivity contribution in [2.24, 2.45) is 16.5 Å². The first kappa shape index (κ1) is 14.5. The summed E-state index contributed by atoms with van der Waals surface area (Å²) in [5.74, 6) is -1.11. The summed E-state index contributed by atoms with van der Waals surface area (Å²) < 4.78 is 0. The number of aliphatic imine (C=N–C) groups is 1. The molecule has 4 N–H and O–H groups in total. The molecule has 1 heterocycles. The van der Waals surface area contributed by atoms with Crippen LogP contribution in [0.25, 0.3) is 4.85 Å². The van der Waals surface area contributed by atoms with Gasteiger partial charge in [0.15, 0.2) is 11.6 Å². The molecule has 0 aromatic heterocycles. The molecule has 1 atom stereocenters. The summed E-state index contributed by atoms with van der Waals surface area (Å²) in [5, 5.41) is 0. The van der Waals surface area contributed by atoms with Gasteiger partial charge in [-0.15, -0.1) is 0 Å². The molecule has 1 aromatic carbocycles. The molecule has 2 amide bonds. The van der Waals surface area contributed by atoms with Gasteiger partial charge in [0, 0.05) is 12.1 Å². The lowest BCUT2D eigenvalue weighted by Gasteiger charge is -2.22. The van der Waals surface area contributed by atoms with E-state index in [0.29, 0.717) is 30.6 Å². The molecule has 108 valence electrons. The Morgan fingerprint density at radius 2 is 2.14 bits per heavy atom. The summed E-state index contributed by atoms with van der Waals surface area (Å²) in [5.41, 5.74) is 11.2. The quantitative estimate of drug-likeness (QED) is 0.472. The Labute approximate surface area is 122 Å². The number of hydrogen-bond donors (Lipinski definition) is 2. The molecule has 1 aromatic rings. The zero-order valence-electron chi connectivity index (χ0n) is 11.3. The molecule has 1 unspecified atom stereocenters. The Kier molecular flexibility index (Phi) is 4.18. The van der Waals surface area contributed by atoms with Gasteiger partial charge in [0.25, 0.3) is 11.8 Å². The van der Waals surface area contributed by atoms with Crippen LogP contribution < -0.4 is 11.5 Å². The van der Waals surface area contributed by atoms with Crippen molar-refractivity contribution in [2.45, 2.75) is 18.9 Å². The second kappa shape index (κ2) is 6.05. The fraction of sp³-hybridized carbons (Fsp3) is 0.286. The van der Waals surface area contributed by atoms with E-state index in [1.807, 2.05) is 0 Å². The van der Waals surface area contributed by atoms with Crippen LogP contribution in [0.4, 0.5) is 5.69 Å². The summed E-state index contributed by atoms with van der Waals surface area (Å²) in [7, 11) is 0. The maximum absolute atomic E-state index is 12.5. The topological polar surface area (TPSA) is 106 Å². The van der Waals surface area contributed by atoms with E-state index in [-0.39, 0.29) is 11.9 Å². The predicted octanol–water partition coefficient (Wildman–Crippen LogP) is 0.642. The number of hydrogen-bond acceptors (Lipinski definition) is 2. The largest absolute Gasteiger partial charge is 0.370 e. The van der Waals surface area contributed by atoms with Crippen LogP contribution in [-0.4, -0.2) is 35.3 Å². The standard InChI is InChI=1S/C14H15N5O2/c1-17-10-5-2-4-9(8-10)13(21)19-7-3-6-11(19)12(20)18-14(15)16/h2,4-5,8,11H,3,6-7H2,(H4,15,16,18,20). The molecule has 0 bridgehead atoms. The van der Waals surface area contributed by atoms with Gasteiger partial charge in [0.1, 0.15) is 6.04 Å². The summed E-state index contributed by atoms with van der Waals surface area (Å²) in [6, 6.07) is 5.75. The number of amides is 2. The van der Waals surface area contributed by atoms with Crippen molar-refractivity contribution >= 4 is 23.5 Å². The van der Waals surface area contributed by atoms with Crippen molar-refractivity contribution in [2.75, 3.05) is 6.54 Å². The number of carbonyl (C=O) groups is 2. The zero-order valence-corrected chi connectivity index (χ0v) is 11.3. The molecule has 1 saturated heterocycles. The maximum Gasteiger partial charge on any atom is 0.271 e. The first-order valence-corrected chi connectivity index (χ1v) is 6.45. The van der Waals surface area contributed by atoms with Crippen molar-refractivity contribution < 1.29 is 9.59 Å². The minimum Gasteiger partial charge on any atom is -0.370 e. The van der Waals surface area contributed by atoms with Gasteiger partial charge < -0.3 is 16.4 Å². The molecule has 21 heavy (non-hydrogen) atoms. The molecule has 0 saturated carbocycles. The van der Waals surface area contributed by atoms with Gasteiger partial charge in [-0.1, -0.05) is 18.2 Å². The third kappa shape index (κ3) is 3.17. The van der Waals surface area contributed by atoms with Crippen molar-refractivity contribution in [1.82, 2.24) is 4.90 Å². The van der Waals surface area contributed by atoms with Gasteiger partial charge in [0.05, 0.1) is 6.57 Å². The van der Waals surface area contributed by atoms with Crippen LogP contribution in [0.15, 0.2) is 29.3 Å². The molecule has 7 nitrogen and oxygen atoms in total. The smallest absolute Gasteiger partial charge is 0.271 e. The van der Waals surface area contributed by atoms with Crippen LogP contribution in [0.5, 0.6) is 0 Å². The fourth-order valence-corrected chi connectivity index (χ4v) is 2.34. The van der Waals surface area contributed by atoms with Crippen LogP contribution in [0.3, 0.4) is 0 Å². The molecule has 0 aliphatic carbocycles. The Bertz CT molecular complexity index is 643. The lowest BCUT2D eigenvalue weighted by molar-refractivity contribution is -0.121. The Morgan fingerprint density at radius 3 is 2.81 bits per heavy atom. The number of nitrogens with two attached hydrogens (primary N) is 2. The highest BCUT2D eigenvalue weighted by Gasteiger charge is 2.34. The summed E-state index contributed by atoms with van der Waals surface area (Å²) >= 11 is 0. The van der Waals surface area contributed by atoms with Gasteiger partial charge in [-0.25, -0.2) is 4.85 Å². The summed E-state index contributed by atoms with van der Waals surface area (Å²) in [4.78, 5) is 32.7. The predicted molar refractivity (Wildman–Crippen MR) is 77.6 cm³/mol. The molecule has 0 spiro atoms. The molecule has 0 radical (unpaired) electrons. The van der Waals surface area contributed by atoms with E-state index in [2.05, 4.69) is 9.84 Å². The van der Waals surface area contributed by atoms with E-state index >= 15 is 0 Å². The first-order valence-electron chi connectivity index (χ1n) is 6.45. The third-order valence-electron chi connectivity index (χ3n) is 3.26. The number of guanidine groups is 1. The number of benzene rings is 1. The highest BCUT2D eigenvalue weighted by atomic mass is 16.2. The van der Waals surface area contributed by atoms with E-state index in [4.69, 9.17) is 18.0 Å². The van der Waals surface area contributed by atoms with Crippen molar-refractivity contribution in [3.8, 4) is 0 Å². The van der Waals surface area contributed by atoms with Crippen LogP contribution in [0.2, 0.25) is 0 Å². The number of nitrogens with zero attached hydrogens (tertiary/aromatic N) is 3. The van der Waals surface area contributed by atoms with Crippen molar-refractivity contribution in [3.05, 3.63) is 41.2 Å². The van der Waals surface area contributed by atoms with Gasteiger partial charge in [-0.2, -0.15) is 4.99 Å². The minimum atomic E-state index is -0.642. The molecule has 1 fully saturated rings. The zero-order chi connectivity index (χ0) is 15.4. The Hall–Kier alpha value is -2.88. The van der Waals surface area contributed by atoms with E-state index in [1.165, 1.54) is 11.0 Å². The lowest BCUT2D eigenvalue weighted by Crippen LogP contribution is -2.41. The van der Waals surface area contributed by atoms with Crippen LogP contribution in [0, 0.1) is 6.57 Å². The van der Waals surface area contributed by atoms with E-state index in [1.54, 1.807) is 18.2 Å². The second-order valence-electron chi connectivity index (χ2n) is 4.69. The first-order chi connectivity index (χ1) is 10.0. The van der Waals surface area contributed by atoms with Crippen LogP contribution in [-0.2, 0) is 4.79 Å².